The summed E-state index contributed by atoms with van der Waals surface area (Å²) in [6, 6.07) is 8.22. The van der Waals surface area contributed by atoms with Crippen LogP contribution in [0.1, 0.15) is 5.56 Å². The number of para-hydroxylation sites is 1. The highest BCUT2D eigenvalue weighted by Crippen LogP contribution is 2.30. The molecule has 0 saturated carbocycles. The molecule has 3 rings (SSSR count). The van der Waals surface area contributed by atoms with Crippen LogP contribution in [-0.4, -0.2) is 9.97 Å². The lowest BCUT2D eigenvalue weighted by molar-refractivity contribution is 1.28. The van der Waals surface area contributed by atoms with Crippen molar-refractivity contribution >= 4 is 39.9 Å². The Bertz CT molecular complexity index is 725. The molecule has 0 spiro atoms. The van der Waals surface area contributed by atoms with Crippen LogP contribution in [0.3, 0.4) is 0 Å². The van der Waals surface area contributed by atoms with E-state index in [1.165, 1.54) is 11.9 Å². The largest absolute Gasteiger partial charge is 0.359 e. The summed E-state index contributed by atoms with van der Waals surface area (Å²) in [5.41, 5.74) is 4.89. The van der Waals surface area contributed by atoms with Crippen LogP contribution in [0.5, 0.6) is 0 Å². The Balaban J connectivity index is 1.89. The molecule has 2 heterocycles. The monoisotopic (exact) mass is 286 g/mol. The normalized spacial score (nSPS) is 10.5. The van der Waals surface area contributed by atoms with Gasteiger partial charge in [0.2, 0.25) is 0 Å². The van der Waals surface area contributed by atoms with Crippen molar-refractivity contribution in [3.05, 3.63) is 41.7 Å². The third kappa shape index (κ3) is 2.43. The molecule has 0 fully saturated rings. The molecule has 0 aliphatic carbocycles. The number of rotatable bonds is 4. The van der Waals surface area contributed by atoms with Gasteiger partial charge in [0.1, 0.15) is 4.21 Å². The van der Waals surface area contributed by atoms with Crippen LogP contribution in [0, 0.1) is 11.3 Å². The average molecular weight is 286 g/mol. The van der Waals surface area contributed by atoms with Crippen LogP contribution in [-0.2, 0) is 6.42 Å². The molecule has 0 atom stereocenters. The van der Waals surface area contributed by atoms with Crippen LogP contribution in [0.2, 0.25) is 0 Å². The number of nitrogens with one attached hydrogen (secondary N) is 2. The number of aromatic nitrogens is 2. The summed E-state index contributed by atoms with van der Waals surface area (Å²) >= 11 is 3.14. The molecule has 0 saturated heterocycles. The third-order valence-corrected chi connectivity index (χ3v) is 4.47. The van der Waals surface area contributed by atoms with Gasteiger partial charge in [0.15, 0.2) is 0 Å². The lowest BCUT2D eigenvalue weighted by atomic mass is 10.1. The smallest absolute Gasteiger partial charge is 0.101 e. The molecule has 94 valence electrons. The van der Waals surface area contributed by atoms with Crippen molar-refractivity contribution in [2.75, 3.05) is 4.72 Å². The average Bonchev–Trinajstić information content (AvgIpc) is 3.07. The molecule has 6 heteroatoms. The summed E-state index contributed by atoms with van der Waals surface area (Å²) in [7, 11) is 0. The molecule has 0 bridgehead atoms. The fraction of sp³-hybridized carbons (Fsp3) is 0.0769. The Labute approximate surface area is 118 Å². The summed E-state index contributed by atoms with van der Waals surface area (Å²) in [5, 5.41) is 9.90. The van der Waals surface area contributed by atoms with Crippen molar-refractivity contribution < 1.29 is 0 Å². The number of hydrogen-bond donors (Lipinski definition) is 2. The fourth-order valence-electron chi connectivity index (χ4n) is 1.89. The second-order valence-electron chi connectivity index (χ2n) is 3.90. The Morgan fingerprint density at radius 2 is 2.42 bits per heavy atom. The van der Waals surface area contributed by atoms with Crippen molar-refractivity contribution in [2.45, 2.75) is 10.6 Å². The van der Waals surface area contributed by atoms with Gasteiger partial charge in [0, 0.05) is 11.6 Å². The molecule has 19 heavy (non-hydrogen) atoms. The number of hydrogen-bond acceptors (Lipinski definition) is 5. The van der Waals surface area contributed by atoms with Gasteiger partial charge >= 0.3 is 0 Å². The lowest BCUT2D eigenvalue weighted by Gasteiger charge is -2.05. The van der Waals surface area contributed by atoms with Crippen molar-refractivity contribution in [1.82, 2.24) is 9.97 Å². The highest BCUT2D eigenvalue weighted by Gasteiger charge is 2.07. The number of fused-ring (bicyclic) bond motifs is 1. The van der Waals surface area contributed by atoms with Crippen molar-refractivity contribution in [3.63, 3.8) is 0 Å². The molecule has 0 aliphatic rings. The molecule has 4 nitrogen and oxygen atoms in total. The van der Waals surface area contributed by atoms with E-state index in [1.54, 1.807) is 11.3 Å². The Morgan fingerprint density at radius 3 is 3.21 bits per heavy atom. The van der Waals surface area contributed by atoms with Crippen molar-refractivity contribution in [1.29, 1.82) is 5.26 Å². The minimum atomic E-state index is 0.422. The third-order valence-electron chi connectivity index (χ3n) is 2.74. The molecule has 0 radical (unpaired) electrons. The van der Waals surface area contributed by atoms with Gasteiger partial charge in [-0.05, 0) is 23.6 Å². The maximum Gasteiger partial charge on any atom is 0.101 e. The van der Waals surface area contributed by atoms with E-state index in [9.17, 15) is 0 Å². The summed E-state index contributed by atoms with van der Waals surface area (Å²) in [6.07, 6.45) is 4.15. The predicted molar refractivity (Wildman–Crippen MR) is 79.2 cm³/mol. The second kappa shape index (κ2) is 5.34. The van der Waals surface area contributed by atoms with E-state index in [1.807, 2.05) is 36.1 Å². The first-order valence-corrected chi connectivity index (χ1v) is 7.35. The zero-order chi connectivity index (χ0) is 13.1. The van der Waals surface area contributed by atoms with Gasteiger partial charge in [-0.2, -0.15) is 5.26 Å². The molecule has 2 N–H and O–H groups in total. The van der Waals surface area contributed by atoms with Gasteiger partial charge in [-0.15, -0.1) is 11.3 Å². The molecule has 0 aliphatic heterocycles. The van der Waals surface area contributed by atoms with Gasteiger partial charge < -0.3 is 9.71 Å². The number of thiazole rings is 1. The summed E-state index contributed by atoms with van der Waals surface area (Å²) in [5.74, 6) is 0. The molecule has 2 aromatic heterocycles. The molecular weight excluding hydrogens is 276 g/mol. The highest BCUT2D eigenvalue weighted by atomic mass is 32.2. The maximum atomic E-state index is 8.81. The quantitative estimate of drug-likeness (QED) is 0.716. The number of nitrogens with zero attached hydrogens (tertiary/aromatic N) is 2. The number of anilines is 1. The topological polar surface area (TPSA) is 64.5 Å². The summed E-state index contributed by atoms with van der Waals surface area (Å²) < 4.78 is 4.43. The van der Waals surface area contributed by atoms with Gasteiger partial charge in [0.05, 0.1) is 35.4 Å². The zero-order valence-corrected chi connectivity index (χ0v) is 11.5. The number of H-pyrrole nitrogens is 1. The first-order chi connectivity index (χ1) is 9.38. The van der Waals surface area contributed by atoms with Gasteiger partial charge in [0.25, 0.3) is 0 Å². The molecule has 3 aromatic rings. The highest BCUT2D eigenvalue weighted by molar-refractivity contribution is 8.02. The Kier molecular flexibility index (Phi) is 3.40. The molecular formula is C13H10N4S2. The van der Waals surface area contributed by atoms with Crippen molar-refractivity contribution in [3.8, 4) is 6.07 Å². The minimum Gasteiger partial charge on any atom is -0.359 e. The summed E-state index contributed by atoms with van der Waals surface area (Å²) in [4.78, 5) is 7.27. The number of benzene rings is 1. The fourth-order valence-corrected chi connectivity index (χ4v) is 3.18. The van der Waals surface area contributed by atoms with Crippen LogP contribution in [0.4, 0.5) is 5.69 Å². The van der Waals surface area contributed by atoms with Crippen LogP contribution in [0.25, 0.3) is 10.9 Å². The Morgan fingerprint density at radius 1 is 1.47 bits per heavy atom. The SMILES string of the molecule is N#CCc1c[nH]c2c(NSc3cncs3)cccc12. The molecule has 0 unspecified atom stereocenters. The van der Waals surface area contributed by atoms with Crippen LogP contribution < -0.4 is 4.72 Å². The lowest BCUT2D eigenvalue weighted by Crippen LogP contribution is -1.87. The van der Waals surface area contributed by atoms with E-state index < -0.39 is 0 Å². The van der Waals surface area contributed by atoms with Gasteiger partial charge in [-0.25, -0.2) is 0 Å². The van der Waals surface area contributed by atoms with E-state index in [2.05, 4.69) is 20.8 Å². The first kappa shape index (κ1) is 12.1. The molecule has 1 aromatic carbocycles. The zero-order valence-electron chi connectivity index (χ0n) is 9.88. The standard InChI is InChI=1S/C13H10N4S2/c14-5-4-9-6-16-13-10(9)2-1-3-11(13)17-19-12-7-15-8-18-12/h1-3,6-8,16-17H,4H2. The van der Waals surface area contributed by atoms with E-state index in [4.69, 9.17) is 5.26 Å². The summed E-state index contributed by atoms with van der Waals surface area (Å²) in [6.45, 7) is 0. The van der Waals surface area contributed by atoms with E-state index in [0.29, 0.717) is 6.42 Å². The van der Waals surface area contributed by atoms with E-state index in [0.717, 1.165) is 26.4 Å². The van der Waals surface area contributed by atoms with Crippen molar-refractivity contribution in [2.24, 2.45) is 0 Å². The van der Waals surface area contributed by atoms with Gasteiger partial charge in [-0.3, -0.25) is 4.98 Å². The van der Waals surface area contributed by atoms with Crippen LogP contribution in [0.15, 0.2) is 40.3 Å². The van der Waals surface area contributed by atoms with E-state index in [-0.39, 0.29) is 0 Å². The number of aromatic amines is 1. The number of nitriles is 1. The first-order valence-electron chi connectivity index (χ1n) is 5.66. The van der Waals surface area contributed by atoms with Crippen LogP contribution >= 0.6 is 23.3 Å². The Hall–Kier alpha value is -1.97. The molecule has 0 amide bonds. The minimum absolute atomic E-state index is 0.422. The van der Waals surface area contributed by atoms with E-state index >= 15 is 0 Å². The maximum absolute atomic E-state index is 8.81. The second-order valence-corrected chi connectivity index (χ2v) is 5.89. The van der Waals surface area contributed by atoms with Gasteiger partial charge in [-0.1, -0.05) is 12.1 Å². The predicted octanol–water partition coefficient (Wildman–Crippen LogP) is 3.81.